The number of fused-ring (bicyclic) bond motifs is 2. The molecule has 3 heterocycles. The summed E-state index contributed by atoms with van der Waals surface area (Å²) < 4.78 is 5.90. The Bertz CT molecular complexity index is 383. The van der Waals surface area contributed by atoms with Gasteiger partial charge in [-0.15, -0.1) is 0 Å². The van der Waals surface area contributed by atoms with E-state index in [1.807, 2.05) is 18.5 Å². The maximum absolute atomic E-state index is 6.20. The third kappa shape index (κ3) is 2.28. The largest absolute Gasteiger partial charge is 0.372 e. The van der Waals surface area contributed by atoms with Crippen LogP contribution in [-0.2, 0) is 4.74 Å². The van der Waals surface area contributed by atoms with E-state index in [0.717, 1.165) is 13.1 Å². The van der Waals surface area contributed by atoms with Gasteiger partial charge < -0.3 is 10.5 Å². The van der Waals surface area contributed by atoms with Crippen molar-refractivity contribution in [3.05, 3.63) is 30.1 Å². The molecule has 2 saturated heterocycles. The van der Waals surface area contributed by atoms with Crippen molar-refractivity contribution in [3.63, 3.8) is 0 Å². The monoisotopic (exact) mass is 247 g/mol. The number of ether oxygens (including phenoxy) is 1. The molecule has 0 spiro atoms. The van der Waals surface area contributed by atoms with Crippen molar-refractivity contribution in [2.45, 2.75) is 44.1 Å². The van der Waals surface area contributed by atoms with Crippen molar-refractivity contribution in [2.24, 2.45) is 5.73 Å². The summed E-state index contributed by atoms with van der Waals surface area (Å²) in [7, 11) is 0. The van der Waals surface area contributed by atoms with Crippen LogP contribution in [0, 0.1) is 0 Å². The van der Waals surface area contributed by atoms with E-state index in [0.29, 0.717) is 12.2 Å². The Morgan fingerprint density at radius 3 is 2.67 bits per heavy atom. The van der Waals surface area contributed by atoms with Gasteiger partial charge in [-0.3, -0.25) is 9.88 Å². The minimum atomic E-state index is 0.103. The first-order valence-corrected chi connectivity index (χ1v) is 6.79. The lowest BCUT2D eigenvalue weighted by Gasteiger charge is -2.39. The van der Waals surface area contributed by atoms with E-state index in [9.17, 15) is 0 Å². The minimum Gasteiger partial charge on any atom is -0.372 e. The highest BCUT2D eigenvalue weighted by molar-refractivity contribution is 5.16. The molecule has 1 aromatic heterocycles. The molecule has 2 bridgehead atoms. The zero-order chi connectivity index (χ0) is 12.5. The van der Waals surface area contributed by atoms with E-state index in [-0.39, 0.29) is 12.1 Å². The summed E-state index contributed by atoms with van der Waals surface area (Å²) in [5, 5.41) is 0. The highest BCUT2D eigenvalue weighted by Crippen LogP contribution is 2.32. The molecule has 98 valence electrons. The molecule has 4 unspecified atom stereocenters. The molecule has 2 aliphatic rings. The predicted molar refractivity (Wildman–Crippen MR) is 70.1 cm³/mol. The molecule has 0 saturated carbocycles. The predicted octanol–water partition coefficient (Wildman–Crippen LogP) is 1.33. The Balaban J connectivity index is 1.82. The molecule has 0 aromatic carbocycles. The van der Waals surface area contributed by atoms with Gasteiger partial charge in [-0.05, 0) is 31.4 Å². The first kappa shape index (κ1) is 12.1. The van der Waals surface area contributed by atoms with Crippen LogP contribution in [0.1, 0.15) is 31.4 Å². The molecular weight excluding hydrogens is 226 g/mol. The van der Waals surface area contributed by atoms with Crippen molar-refractivity contribution in [2.75, 3.05) is 13.1 Å². The lowest BCUT2D eigenvalue weighted by Crippen LogP contribution is -2.48. The second-order valence-electron chi connectivity index (χ2n) is 5.50. The van der Waals surface area contributed by atoms with Crippen LogP contribution in [0.4, 0.5) is 0 Å². The number of rotatable bonds is 3. The van der Waals surface area contributed by atoms with Gasteiger partial charge in [0.05, 0.1) is 18.2 Å². The number of nitrogens with zero attached hydrogens (tertiary/aromatic N) is 2. The molecule has 4 atom stereocenters. The number of hydrogen-bond donors (Lipinski definition) is 1. The lowest BCUT2D eigenvalue weighted by molar-refractivity contribution is -0.0560. The Morgan fingerprint density at radius 2 is 2.11 bits per heavy atom. The minimum absolute atomic E-state index is 0.103. The first-order chi connectivity index (χ1) is 8.74. The molecule has 4 nitrogen and oxygen atoms in total. The summed E-state index contributed by atoms with van der Waals surface area (Å²) in [6.07, 6.45) is 6.94. The average Bonchev–Trinajstić information content (AvgIpc) is 2.70. The SMILES string of the molecule is CC(N)C(c1cccnc1)N1CC2CCC(C1)O2. The molecule has 18 heavy (non-hydrogen) atoms. The number of morpholine rings is 1. The van der Waals surface area contributed by atoms with Crippen LogP contribution in [0.5, 0.6) is 0 Å². The molecule has 0 aliphatic carbocycles. The number of aromatic nitrogens is 1. The van der Waals surface area contributed by atoms with Crippen molar-refractivity contribution in [3.8, 4) is 0 Å². The maximum Gasteiger partial charge on any atom is 0.0707 e. The standard InChI is InChI=1S/C14H21N3O/c1-10(15)14(11-3-2-6-16-7-11)17-8-12-4-5-13(9-17)18-12/h2-3,6-7,10,12-14H,4-5,8-9,15H2,1H3. The molecule has 0 radical (unpaired) electrons. The number of likely N-dealkylation sites (tertiary alicyclic amines) is 1. The molecule has 2 aliphatic heterocycles. The second-order valence-corrected chi connectivity index (χ2v) is 5.50. The van der Waals surface area contributed by atoms with Gasteiger partial charge in [0.25, 0.3) is 0 Å². The number of pyridine rings is 1. The fourth-order valence-corrected chi connectivity index (χ4v) is 3.27. The summed E-state index contributed by atoms with van der Waals surface area (Å²) in [4.78, 5) is 6.70. The zero-order valence-electron chi connectivity index (χ0n) is 10.8. The molecule has 3 rings (SSSR count). The van der Waals surface area contributed by atoms with Gasteiger partial charge in [0.1, 0.15) is 0 Å². The van der Waals surface area contributed by atoms with Crippen molar-refractivity contribution >= 4 is 0 Å². The first-order valence-electron chi connectivity index (χ1n) is 6.79. The Labute approximate surface area is 108 Å². The maximum atomic E-state index is 6.20. The number of nitrogens with two attached hydrogens (primary N) is 1. The highest BCUT2D eigenvalue weighted by atomic mass is 16.5. The van der Waals surface area contributed by atoms with Crippen molar-refractivity contribution in [1.29, 1.82) is 0 Å². The van der Waals surface area contributed by atoms with Gasteiger partial charge >= 0.3 is 0 Å². The fraction of sp³-hybridized carbons (Fsp3) is 0.643. The van der Waals surface area contributed by atoms with E-state index in [1.54, 1.807) is 0 Å². The van der Waals surface area contributed by atoms with Crippen LogP contribution in [0.15, 0.2) is 24.5 Å². The van der Waals surface area contributed by atoms with E-state index in [1.165, 1.54) is 18.4 Å². The summed E-state index contributed by atoms with van der Waals surface area (Å²) in [5.74, 6) is 0. The van der Waals surface area contributed by atoms with Gasteiger partial charge in [-0.2, -0.15) is 0 Å². The quantitative estimate of drug-likeness (QED) is 0.875. The van der Waals surface area contributed by atoms with E-state index >= 15 is 0 Å². The third-order valence-corrected chi connectivity index (χ3v) is 3.99. The van der Waals surface area contributed by atoms with E-state index in [4.69, 9.17) is 10.5 Å². The van der Waals surface area contributed by atoms with Crippen LogP contribution in [0.25, 0.3) is 0 Å². The molecule has 1 aromatic rings. The average molecular weight is 247 g/mol. The third-order valence-electron chi connectivity index (χ3n) is 3.99. The summed E-state index contributed by atoms with van der Waals surface area (Å²) in [5.41, 5.74) is 7.42. The number of hydrogen-bond acceptors (Lipinski definition) is 4. The second kappa shape index (κ2) is 4.96. The molecule has 0 amide bonds. The van der Waals surface area contributed by atoms with Crippen molar-refractivity contribution in [1.82, 2.24) is 9.88 Å². The Hall–Kier alpha value is -0.970. The van der Waals surface area contributed by atoms with E-state index < -0.39 is 0 Å². The van der Waals surface area contributed by atoms with Crippen molar-refractivity contribution < 1.29 is 4.74 Å². The van der Waals surface area contributed by atoms with E-state index in [2.05, 4.69) is 22.9 Å². The molecular formula is C14H21N3O. The van der Waals surface area contributed by atoms with Gasteiger partial charge in [0.2, 0.25) is 0 Å². The summed E-state index contributed by atoms with van der Waals surface area (Å²) >= 11 is 0. The smallest absolute Gasteiger partial charge is 0.0707 e. The van der Waals surface area contributed by atoms with Gasteiger partial charge in [0.15, 0.2) is 0 Å². The van der Waals surface area contributed by atoms with Crippen LogP contribution in [0.3, 0.4) is 0 Å². The van der Waals surface area contributed by atoms with Gasteiger partial charge in [-0.25, -0.2) is 0 Å². The highest BCUT2D eigenvalue weighted by Gasteiger charge is 2.37. The van der Waals surface area contributed by atoms with Crippen LogP contribution in [-0.4, -0.2) is 41.2 Å². The topological polar surface area (TPSA) is 51.4 Å². The zero-order valence-corrected chi connectivity index (χ0v) is 10.8. The fourth-order valence-electron chi connectivity index (χ4n) is 3.27. The lowest BCUT2D eigenvalue weighted by atomic mass is 10.00. The molecule has 2 N–H and O–H groups in total. The van der Waals surface area contributed by atoms with Crippen LogP contribution < -0.4 is 5.73 Å². The molecule has 2 fully saturated rings. The summed E-state index contributed by atoms with van der Waals surface area (Å²) in [6.45, 7) is 4.07. The summed E-state index contributed by atoms with van der Waals surface area (Å²) in [6, 6.07) is 4.47. The van der Waals surface area contributed by atoms with Gasteiger partial charge in [0, 0.05) is 31.5 Å². The van der Waals surface area contributed by atoms with Crippen LogP contribution in [0.2, 0.25) is 0 Å². The normalized spacial score (nSPS) is 31.2. The molecule has 4 heteroatoms. The Kier molecular flexibility index (Phi) is 3.33. The van der Waals surface area contributed by atoms with Crippen LogP contribution >= 0.6 is 0 Å². The van der Waals surface area contributed by atoms with Gasteiger partial charge in [-0.1, -0.05) is 6.07 Å². The Morgan fingerprint density at radius 1 is 1.39 bits per heavy atom.